The average Bonchev–Trinajstić information content (AvgIpc) is 2.96. The van der Waals surface area contributed by atoms with Crippen molar-refractivity contribution in [1.29, 1.82) is 0 Å². The lowest BCUT2D eigenvalue weighted by Crippen LogP contribution is -2.37. The quantitative estimate of drug-likeness (QED) is 0.774. The van der Waals surface area contributed by atoms with Crippen molar-refractivity contribution >= 4 is 27.2 Å². The van der Waals surface area contributed by atoms with Gasteiger partial charge in [-0.2, -0.15) is 0 Å². The molecule has 1 unspecified atom stereocenters. The molecule has 6 nitrogen and oxygen atoms in total. The number of anilines is 3. The summed E-state index contributed by atoms with van der Waals surface area (Å²) in [6, 6.07) is 12.1. The minimum absolute atomic E-state index is 0.0149. The Balaban J connectivity index is 1.96. The molecule has 1 aromatic heterocycles. The van der Waals surface area contributed by atoms with Gasteiger partial charge in [-0.15, -0.1) is 0 Å². The van der Waals surface area contributed by atoms with E-state index in [1.807, 2.05) is 38.1 Å². The Labute approximate surface area is 155 Å². The molecule has 1 aliphatic rings. The highest BCUT2D eigenvalue weighted by Gasteiger charge is 2.32. The van der Waals surface area contributed by atoms with Gasteiger partial charge >= 0.3 is 0 Å². The van der Waals surface area contributed by atoms with E-state index in [0.717, 1.165) is 23.9 Å². The number of para-hydroxylation sites is 1. The first-order valence-electron chi connectivity index (χ1n) is 9.09. The number of aryl methyl sites for hydroxylation is 1. The summed E-state index contributed by atoms with van der Waals surface area (Å²) in [6.45, 7) is 7.50. The maximum absolute atomic E-state index is 11.9. The van der Waals surface area contributed by atoms with Crippen LogP contribution in [0.2, 0.25) is 0 Å². The molecule has 0 bridgehead atoms. The Bertz CT molecular complexity index is 855. The average molecular weight is 375 g/mol. The highest BCUT2D eigenvalue weighted by atomic mass is 32.2. The van der Waals surface area contributed by atoms with Crippen LogP contribution >= 0.6 is 0 Å². The van der Waals surface area contributed by atoms with Gasteiger partial charge in [0, 0.05) is 30.9 Å². The molecule has 1 fully saturated rings. The second-order valence-corrected chi connectivity index (χ2v) is 8.78. The van der Waals surface area contributed by atoms with E-state index in [9.17, 15) is 8.42 Å². The van der Waals surface area contributed by atoms with Crippen molar-refractivity contribution in [1.82, 2.24) is 9.97 Å². The van der Waals surface area contributed by atoms with Gasteiger partial charge in [0.25, 0.3) is 0 Å². The topological polar surface area (TPSA) is 66.4 Å². The molecular formula is C19H26N4O2S. The molecule has 1 saturated heterocycles. The molecule has 0 aliphatic carbocycles. The lowest BCUT2D eigenvalue weighted by atomic mass is 10.2. The minimum atomic E-state index is -2.94. The number of benzene rings is 1. The number of nitrogens with zero attached hydrogens (tertiary/aromatic N) is 4. The molecule has 0 saturated carbocycles. The highest BCUT2D eigenvalue weighted by Crippen LogP contribution is 2.28. The summed E-state index contributed by atoms with van der Waals surface area (Å²) in [5.74, 6) is 2.78. The van der Waals surface area contributed by atoms with E-state index in [1.54, 1.807) is 0 Å². The predicted molar refractivity (Wildman–Crippen MR) is 106 cm³/mol. The monoisotopic (exact) mass is 374 g/mol. The summed E-state index contributed by atoms with van der Waals surface area (Å²) >= 11 is 0. The third-order valence-electron chi connectivity index (χ3n) is 4.76. The lowest BCUT2D eigenvalue weighted by Gasteiger charge is -2.30. The van der Waals surface area contributed by atoms with Crippen LogP contribution in [0.1, 0.15) is 26.1 Å². The predicted octanol–water partition coefficient (Wildman–Crippen LogP) is 2.96. The first-order valence-corrected chi connectivity index (χ1v) is 10.9. The van der Waals surface area contributed by atoms with Crippen LogP contribution in [0.25, 0.3) is 0 Å². The largest absolute Gasteiger partial charge is 0.353 e. The van der Waals surface area contributed by atoms with Gasteiger partial charge in [-0.05, 0) is 39.3 Å². The molecular weight excluding hydrogens is 348 g/mol. The fourth-order valence-corrected chi connectivity index (χ4v) is 5.27. The molecule has 3 rings (SSSR count). The van der Waals surface area contributed by atoms with Crippen LogP contribution < -0.4 is 9.80 Å². The van der Waals surface area contributed by atoms with Crippen molar-refractivity contribution in [2.24, 2.45) is 0 Å². The SMILES string of the molecule is CCN(c1ccccc1)c1cc(N(CC)C2CCS(=O)(=O)C2)nc(C)n1. The molecule has 7 heteroatoms. The van der Waals surface area contributed by atoms with Gasteiger partial charge in [-0.25, -0.2) is 18.4 Å². The van der Waals surface area contributed by atoms with Gasteiger partial charge in [0.15, 0.2) is 9.84 Å². The molecule has 140 valence electrons. The van der Waals surface area contributed by atoms with Crippen LogP contribution in [0.15, 0.2) is 36.4 Å². The van der Waals surface area contributed by atoms with Gasteiger partial charge in [0.1, 0.15) is 17.5 Å². The van der Waals surface area contributed by atoms with E-state index in [2.05, 4.69) is 38.8 Å². The number of sulfone groups is 1. The number of rotatable bonds is 6. The molecule has 0 N–H and O–H groups in total. The van der Waals surface area contributed by atoms with Gasteiger partial charge in [-0.1, -0.05) is 18.2 Å². The first kappa shape index (κ1) is 18.6. The smallest absolute Gasteiger partial charge is 0.152 e. The van der Waals surface area contributed by atoms with Crippen LogP contribution in [0.5, 0.6) is 0 Å². The van der Waals surface area contributed by atoms with E-state index < -0.39 is 9.84 Å². The van der Waals surface area contributed by atoms with Crippen LogP contribution in [0.4, 0.5) is 17.3 Å². The Kier molecular flexibility index (Phi) is 5.46. The lowest BCUT2D eigenvalue weighted by molar-refractivity contribution is 0.599. The standard InChI is InChI=1S/C19H26N4O2S/c1-4-22(16-9-7-6-8-10-16)18-13-19(21-15(3)20-18)23(5-2)17-11-12-26(24,25)14-17/h6-10,13,17H,4-5,11-12,14H2,1-3H3. The Hall–Kier alpha value is -2.15. The zero-order chi connectivity index (χ0) is 18.7. The fraction of sp³-hybridized carbons (Fsp3) is 0.474. The summed E-state index contributed by atoms with van der Waals surface area (Å²) < 4.78 is 23.8. The number of aromatic nitrogens is 2. The molecule has 0 amide bonds. The summed E-state index contributed by atoms with van der Waals surface area (Å²) in [6.07, 6.45) is 0.657. The van der Waals surface area contributed by atoms with Crippen molar-refractivity contribution in [3.05, 3.63) is 42.2 Å². The number of hydrogen-bond donors (Lipinski definition) is 0. The molecule has 1 atom stereocenters. The fourth-order valence-electron chi connectivity index (χ4n) is 3.54. The summed E-state index contributed by atoms with van der Waals surface area (Å²) in [5, 5.41) is 0. The van der Waals surface area contributed by atoms with Crippen molar-refractivity contribution < 1.29 is 8.42 Å². The first-order chi connectivity index (χ1) is 12.4. The maximum Gasteiger partial charge on any atom is 0.152 e. The van der Waals surface area contributed by atoms with Crippen LogP contribution in [-0.4, -0.2) is 49.0 Å². The van der Waals surface area contributed by atoms with E-state index in [1.165, 1.54) is 0 Å². The minimum Gasteiger partial charge on any atom is -0.353 e. The molecule has 0 spiro atoms. The zero-order valence-corrected chi connectivity index (χ0v) is 16.4. The van der Waals surface area contributed by atoms with E-state index in [4.69, 9.17) is 0 Å². The molecule has 1 aliphatic heterocycles. The Morgan fingerprint density at radius 1 is 1.08 bits per heavy atom. The normalized spacial score (nSPS) is 18.7. The van der Waals surface area contributed by atoms with Crippen molar-refractivity contribution in [3.8, 4) is 0 Å². The molecule has 2 aromatic rings. The highest BCUT2D eigenvalue weighted by molar-refractivity contribution is 7.91. The van der Waals surface area contributed by atoms with Crippen molar-refractivity contribution in [2.45, 2.75) is 33.2 Å². The van der Waals surface area contributed by atoms with E-state index in [0.29, 0.717) is 18.8 Å². The van der Waals surface area contributed by atoms with Gasteiger partial charge < -0.3 is 9.80 Å². The second kappa shape index (κ2) is 7.61. The van der Waals surface area contributed by atoms with E-state index in [-0.39, 0.29) is 17.5 Å². The summed E-state index contributed by atoms with van der Waals surface area (Å²) in [4.78, 5) is 13.5. The molecule has 1 aromatic carbocycles. The molecule has 0 radical (unpaired) electrons. The zero-order valence-electron chi connectivity index (χ0n) is 15.6. The van der Waals surface area contributed by atoms with Crippen LogP contribution in [-0.2, 0) is 9.84 Å². The number of hydrogen-bond acceptors (Lipinski definition) is 6. The second-order valence-electron chi connectivity index (χ2n) is 6.55. The maximum atomic E-state index is 11.9. The molecule has 26 heavy (non-hydrogen) atoms. The van der Waals surface area contributed by atoms with Crippen molar-refractivity contribution in [2.75, 3.05) is 34.4 Å². The van der Waals surface area contributed by atoms with E-state index >= 15 is 0 Å². The Morgan fingerprint density at radius 3 is 2.35 bits per heavy atom. The third kappa shape index (κ3) is 3.98. The summed E-state index contributed by atoms with van der Waals surface area (Å²) in [7, 11) is -2.94. The van der Waals surface area contributed by atoms with Gasteiger partial charge in [0.05, 0.1) is 11.5 Å². The van der Waals surface area contributed by atoms with Crippen LogP contribution in [0, 0.1) is 6.92 Å². The van der Waals surface area contributed by atoms with Gasteiger partial charge in [-0.3, -0.25) is 0 Å². The summed E-state index contributed by atoms with van der Waals surface area (Å²) in [5.41, 5.74) is 1.07. The molecule has 2 heterocycles. The van der Waals surface area contributed by atoms with Crippen molar-refractivity contribution in [3.63, 3.8) is 0 Å². The Morgan fingerprint density at radius 2 is 1.77 bits per heavy atom. The van der Waals surface area contributed by atoms with Gasteiger partial charge in [0.2, 0.25) is 0 Å². The van der Waals surface area contributed by atoms with Crippen LogP contribution in [0.3, 0.4) is 0 Å². The third-order valence-corrected chi connectivity index (χ3v) is 6.51.